The lowest BCUT2D eigenvalue weighted by Crippen LogP contribution is -2.11. The van der Waals surface area contributed by atoms with Gasteiger partial charge in [-0.05, 0) is 97.9 Å². The summed E-state index contributed by atoms with van der Waals surface area (Å²) >= 11 is 1.85. The van der Waals surface area contributed by atoms with Crippen molar-refractivity contribution in [1.82, 2.24) is 0 Å². The highest BCUT2D eigenvalue weighted by Crippen LogP contribution is 2.49. The van der Waals surface area contributed by atoms with Crippen molar-refractivity contribution in [3.05, 3.63) is 212 Å². The zero-order valence-corrected chi connectivity index (χ0v) is 32.8. The predicted molar refractivity (Wildman–Crippen MR) is 253 cm³/mol. The molecule has 2 heterocycles. The highest BCUT2D eigenvalue weighted by molar-refractivity contribution is 7.25. The van der Waals surface area contributed by atoms with Gasteiger partial charge in [0.15, 0.2) is 0 Å². The average molecular weight is 770 g/mol. The minimum absolute atomic E-state index is 0.863. The molecular weight excluding hydrogens is 735 g/mol. The van der Waals surface area contributed by atoms with Crippen molar-refractivity contribution in [2.24, 2.45) is 0 Å². The quantitative estimate of drug-likeness (QED) is 0.157. The van der Waals surface area contributed by atoms with Gasteiger partial charge in [0.2, 0.25) is 0 Å². The topological polar surface area (TPSA) is 16.4 Å². The summed E-state index contributed by atoms with van der Waals surface area (Å²) in [5.41, 5.74) is 12.0. The first-order chi connectivity index (χ1) is 29.2. The van der Waals surface area contributed by atoms with Crippen LogP contribution in [-0.4, -0.2) is 0 Å². The molecule has 0 fully saturated rings. The molecule has 0 spiro atoms. The molecule has 59 heavy (non-hydrogen) atoms. The van der Waals surface area contributed by atoms with E-state index in [0.717, 1.165) is 50.1 Å². The molecule has 12 rings (SSSR count). The number of hydrogen-bond acceptors (Lipinski definition) is 3. The van der Waals surface area contributed by atoms with Gasteiger partial charge in [-0.2, -0.15) is 0 Å². The second-order valence-electron chi connectivity index (χ2n) is 15.2. The van der Waals surface area contributed by atoms with E-state index in [4.69, 9.17) is 4.42 Å². The Morgan fingerprint density at radius 2 is 0.949 bits per heavy atom. The van der Waals surface area contributed by atoms with Crippen LogP contribution in [-0.2, 0) is 0 Å². The maximum atomic E-state index is 6.55. The summed E-state index contributed by atoms with van der Waals surface area (Å²) in [7, 11) is 0. The van der Waals surface area contributed by atoms with Gasteiger partial charge in [-0.3, -0.25) is 0 Å². The van der Waals surface area contributed by atoms with E-state index in [1.807, 2.05) is 17.4 Å². The number of nitrogens with zero attached hydrogens (tertiary/aromatic N) is 1. The summed E-state index contributed by atoms with van der Waals surface area (Å²) in [6.45, 7) is 0. The average Bonchev–Trinajstić information content (AvgIpc) is 3.87. The Morgan fingerprint density at radius 1 is 0.339 bits per heavy atom. The summed E-state index contributed by atoms with van der Waals surface area (Å²) in [5.74, 6) is 0. The normalized spacial score (nSPS) is 11.7. The molecular formula is C56H35NOS. The molecule has 0 aliphatic rings. The van der Waals surface area contributed by atoms with Gasteiger partial charge in [0.25, 0.3) is 0 Å². The van der Waals surface area contributed by atoms with Crippen LogP contribution in [0.2, 0.25) is 0 Å². The van der Waals surface area contributed by atoms with E-state index in [-0.39, 0.29) is 0 Å². The summed E-state index contributed by atoms with van der Waals surface area (Å²) in [5, 5.41) is 9.75. The lowest BCUT2D eigenvalue weighted by atomic mass is 9.87. The monoisotopic (exact) mass is 769 g/mol. The minimum Gasteiger partial charge on any atom is -0.456 e. The molecule has 276 valence electrons. The minimum atomic E-state index is 0.863. The van der Waals surface area contributed by atoms with Gasteiger partial charge in [-0.25, -0.2) is 0 Å². The van der Waals surface area contributed by atoms with Crippen molar-refractivity contribution in [3.8, 4) is 33.4 Å². The number of furan rings is 1. The first kappa shape index (κ1) is 33.7. The maximum absolute atomic E-state index is 6.55. The van der Waals surface area contributed by atoms with Crippen LogP contribution in [0.15, 0.2) is 217 Å². The van der Waals surface area contributed by atoms with Crippen LogP contribution >= 0.6 is 11.3 Å². The summed E-state index contributed by atoms with van der Waals surface area (Å²) in [4.78, 5) is 2.43. The first-order valence-corrected chi connectivity index (χ1v) is 20.9. The Balaban J connectivity index is 1.16. The Morgan fingerprint density at radius 3 is 1.80 bits per heavy atom. The van der Waals surface area contributed by atoms with E-state index in [9.17, 15) is 0 Å². The number of benzene rings is 10. The Bertz CT molecular complexity index is 3450. The van der Waals surface area contributed by atoms with E-state index in [1.54, 1.807) is 0 Å². The van der Waals surface area contributed by atoms with E-state index in [1.165, 1.54) is 64.0 Å². The predicted octanol–water partition coefficient (Wildman–Crippen LogP) is 16.7. The molecule has 0 saturated carbocycles. The largest absolute Gasteiger partial charge is 0.456 e. The molecule has 2 aromatic heterocycles. The second-order valence-corrected chi connectivity index (χ2v) is 16.3. The Hall–Kier alpha value is -7.46. The number of rotatable bonds is 6. The SMILES string of the molecule is c1ccc(-c2ccc(-c3c(-c4cc5ccccc5c5ccccc45)cccc3N(c3ccc4c(c3)oc3ccccc34)c3ccc4c(c3)sc3ccccc34)cc2)cc1. The fraction of sp³-hybridized carbons (Fsp3) is 0. The standard InChI is InChI=1S/C56H35NOS/c1-2-13-36(14-3-1)37-25-27-38(28-26-37)56-49(50-33-39-15-4-5-16-42(39)43-17-6-7-18-44(43)50)21-12-22-51(56)57(40-29-31-46-45-19-8-10-23-52(45)58-53(46)34-40)41-30-32-48-47-20-9-11-24-54(47)59-55(48)35-41/h1-35H. The zero-order valence-electron chi connectivity index (χ0n) is 32.0. The van der Waals surface area contributed by atoms with Crippen LogP contribution < -0.4 is 4.90 Å². The van der Waals surface area contributed by atoms with Crippen LogP contribution in [0, 0.1) is 0 Å². The molecule has 0 aliphatic carbocycles. The molecule has 0 N–H and O–H groups in total. The van der Waals surface area contributed by atoms with Crippen molar-refractivity contribution >= 4 is 92.1 Å². The van der Waals surface area contributed by atoms with Crippen molar-refractivity contribution in [3.63, 3.8) is 0 Å². The van der Waals surface area contributed by atoms with Crippen LogP contribution in [0.4, 0.5) is 17.1 Å². The summed E-state index contributed by atoms with van der Waals surface area (Å²) in [6, 6.07) is 77.2. The van der Waals surface area contributed by atoms with Gasteiger partial charge in [-0.1, -0.05) is 158 Å². The Labute approximate surface area is 345 Å². The van der Waals surface area contributed by atoms with Crippen LogP contribution in [0.1, 0.15) is 0 Å². The van der Waals surface area contributed by atoms with E-state index >= 15 is 0 Å². The number of thiophene rings is 1. The number of anilines is 3. The molecule has 0 amide bonds. The molecule has 0 atom stereocenters. The van der Waals surface area contributed by atoms with Gasteiger partial charge in [0.05, 0.1) is 5.69 Å². The molecule has 12 aromatic rings. The van der Waals surface area contributed by atoms with Gasteiger partial charge in [0.1, 0.15) is 11.2 Å². The van der Waals surface area contributed by atoms with Crippen molar-refractivity contribution < 1.29 is 4.42 Å². The molecule has 0 aliphatic heterocycles. The van der Waals surface area contributed by atoms with E-state index in [0.29, 0.717) is 0 Å². The molecule has 0 unspecified atom stereocenters. The van der Waals surface area contributed by atoms with Crippen LogP contribution in [0.3, 0.4) is 0 Å². The van der Waals surface area contributed by atoms with Crippen LogP contribution in [0.5, 0.6) is 0 Å². The first-order valence-electron chi connectivity index (χ1n) is 20.1. The molecule has 10 aromatic carbocycles. The third kappa shape index (κ3) is 5.55. The van der Waals surface area contributed by atoms with Gasteiger partial charge in [-0.15, -0.1) is 11.3 Å². The lowest BCUT2D eigenvalue weighted by Gasteiger charge is -2.29. The molecule has 2 nitrogen and oxygen atoms in total. The highest BCUT2D eigenvalue weighted by Gasteiger charge is 2.24. The van der Waals surface area contributed by atoms with Crippen molar-refractivity contribution in [2.45, 2.75) is 0 Å². The van der Waals surface area contributed by atoms with Gasteiger partial charge in [0, 0.05) is 53.9 Å². The van der Waals surface area contributed by atoms with Gasteiger partial charge >= 0.3 is 0 Å². The van der Waals surface area contributed by atoms with Crippen LogP contribution in [0.25, 0.3) is 97.0 Å². The third-order valence-corrected chi connectivity index (χ3v) is 13.0. The number of fused-ring (bicyclic) bond motifs is 9. The van der Waals surface area contributed by atoms with E-state index in [2.05, 4.69) is 211 Å². The van der Waals surface area contributed by atoms with Gasteiger partial charge < -0.3 is 9.32 Å². The maximum Gasteiger partial charge on any atom is 0.137 e. The smallest absolute Gasteiger partial charge is 0.137 e. The number of para-hydroxylation sites is 1. The number of hydrogen-bond donors (Lipinski definition) is 0. The van der Waals surface area contributed by atoms with Crippen molar-refractivity contribution in [2.75, 3.05) is 4.90 Å². The third-order valence-electron chi connectivity index (χ3n) is 11.9. The molecule has 0 radical (unpaired) electrons. The van der Waals surface area contributed by atoms with Crippen molar-refractivity contribution in [1.29, 1.82) is 0 Å². The highest BCUT2D eigenvalue weighted by atomic mass is 32.1. The second kappa shape index (κ2) is 13.6. The fourth-order valence-corrected chi connectivity index (χ4v) is 10.3. The summed E-state index contributed by atoms with van der Waals surface area (Å²) < 4.78 is 9.10. The molecule has 0 bridgehead atoms. The summed E-state index contributed by atoms with van der Waals surface area (Å²) in [6.07, 6.45) is 0. The molecule has 0 saturated heterocycles. The Kier molecular flexibility index (Phi) is 7.75. The van der Waals surface area contributed by atoms with E-state index < -0.39 is 0 Å². The fourth-order valence-electron chi connectivity index (χ4n) is 9.13. The molecule has 3 heteroatoms. The zero-order chi connectivity index (χ0) is 38.9. The lowest BCUT2D eigenvalue weighted by molar-refractivity contribution is 0.669.